The van der Waals surface area contributed by atoms with Gasteiger partial charge in [0.2, 0.25) is 0 Å². The molecule has 5 nitrogen and oxygen atoms in total. The first-order valence-corrected chi connectivity index (χ1v) is 7.36. The fraction of sp³-hybridized carbons (Fsp3) is 0.500. The Labute approximate surface area is 109 Å². The minimum Gasteiger partial charge on any atom is -0.462 e. The molecular weight excluding hydrogens is 252 g/mol. The lowest BCUT2D eigenvalue weighted by Gasteiger charge is -2.12. The third kappa shape index (κ3) is 4.10. The number of nitrogens with zero attached hydrogens (tertiary/aromatic N) is 1. The fourth-order valence-corrected chi connectivity index (χ4v) is 1.60. The first-order chi connectivity index (χ1) is 8.56. The second-order valence-corrected chi connectivity index (χ2v) is 5.61. The molecule has 0 spiro atoms. The molecule has 0 bridgehead atoms. The highest BCUT2D eigenvalue weighted by molar-refractivity contribution is 7.84. The van der Waals surface area contributed by atoms with Gasteiger partial charge in [-0.2, -0.15) is 0 Å². The van der Waals surface area contributed by atoms with Crippen LogP contribution in [0.3, 0.4) is 0 Å². The van der Waals surface area contributed by atoms with Crippen molar-refractivity contribution in [1.29, 1.82) is 0 Å². The van der Waals surface area contributed by atoms with Crippen molar-refractivity contribution in [3.05, 3.63) is 23.9 Å². The number of esters is 1. The van der Waals surface area contributed by atoms with Crippen molar-refractivity contribution in [3.63, 3.8) is 0 Å². The van der Waals surface area contributed by atoms with Crippen LogP contribution in [0.4, 0.5) is 5.82 Å². The minimum atomic E-state index is -0.911. The topological polar surface area (TPSA) is 68.3 Å². The number of carbonyl (C=O) groups excluding carboxylic acids is 1. The van der Waals surface area contributed by atoms with E-state index in [-0.39, 0.29) is 5.25 Å². The van der Waals surface area contributed by atoms with Crippen molar-refractivity contribution < 1.29 is 13.7 Å². The number of nitrogens with one attached hydrogen (secondary N) is 1. The van der Waals surface area contributed by atoms with E-state index >= 15 is 0 Å². The van der Waals surface area contributed by atoms with Crippen molar-refractivity contribution in [2.75, 3.05) is 24.7 Å². The Balaban J connectivity index is 2.76. The molecule has 6 heteroatoms. The summed E-state index contributed by atoms with van der Waals surface area (Å²) in [6.45, 7) is 4.44. The Kier molecular flexibility index (Phi) is 5.77. The summed E-state index contributed by atoms with van der Waals surface area (Å²) in [6.07, 6.45) is 3.25. The smallest absolute Gasteiger partial charge is 0.341 e. The molecule has 0 fully saturated rings. The lowest BCUT2D eigenvalue weighted by atomic mass is 10.2. The molecular formula is C12H18N2O3S. The summed E-state index contributed by atoms with van der Waals surface area (Å²) < 4.78 is 16.2. The van der Waals surface area contributed by atoms with E-state index in [4.69, 9.17) is 4.74 Å². The van der Waals surface area contributed by atoms with Crippen LogP contribution in [0.15, 0.2) is 18.3 Å². The van der Waals surface area contributed by atoms with Crippen molar-refractivity contribution in [2.24, 2.45) is 0 Å². The number of ether oxygens (including phenoxy) is 1. The van der Waals surface area contributed by atoms with Gasteiger partial charge in [-0.15, -0.1) is 0 Å². The molecule has 0 aliphatic rings. The highest BCUT2D eigenvalue weighted by atomic mass is 32.2. The van der Waals surface area contributed by atoms with Crippen LogP contribution in [0.1, 0.15) is 24.2 Å². The van der Waals surface area contributed by atoms with E-state index in [1.54, 1.807) is 31.5 Å². The molecule has 0 saturated carbocycles. The van der Waals surface area contributed by atoms with E-state index in [1.807, 2.05) is 6.92 Å². The third-order valence-corrected chi connectivity index (χ3v) is 3.73. The summed E-state index contributed by atoms with van der Waals surface area (Å²) in [7, 11) is -0.911. The highest BCUT2D eigenvalue weighted by Crippen LogP contribution is 2.13. The van der Waals surface area contributed by atoms with Crippen molar-refractivity contribution in [2.45, 2.75) is 19.1 Å². The molecule has 1 rings (SSSR count). The quantitative estimate of drug-likeness (QED) is 0.792. The Morgan fingerprint density at radius 2 is 2.33 bits per heavy atom. The molecule has 2 atom stereocenters. The number of rotatable bonds is 6. The second kappa shape index (κ2) is 7.10. The van der Waals surface area contributed by atoms with Gasteiger partial charge >= 0.3 is 5.97 Å². The number of hydrogen-bond donors (Lipinski definition) is 1. The largest absolute Gasteiger partial charge is 0.462 e. The van der Waals surface area contributed by atoms with E-state index < -0.39 is 16.8 Å². The average Bonchev–Trinajstić information content (AvgIpc) is 2.36. The van der Waals surface area contributed by atoms with E-state index in [1.165, 1.54) is 0 Å². The Bertz CT molecular complexity index is 437. The monoisotopic (exact) mass is 270 g/mol. The predicted octanol–water partition coefficient (Wildman–Crippen LogP) is 1.44. The van der Waals surface area contributed by atoms with Crippen LogP contribution in [0.5, 0.6) is 0 Å². The van der Waals surface area contributed by atoms with Gasteiger partial charge in [-0.1, -0.05) is 0 Å². The van der Waals surface area contributed by atoms with Crippen LogP contribution < -0.4 is 5.32 Å². The molecule has 0 saturated heterocycles. The standard InChI is InChI=1S/C12H18N2O3S/c1-4-17-12(15)10-6-5-7-13-11(10)14-8-9(2)18(3)16/h5-7,9H,4,8H2,1-3H3,(H,13,14). The zero-order valence-electron chi connectivity index (χ0n) is 10.8. The number of pyridine rings is 1. The second-order valence-electron chi connectivity index (χ2n) is 3.81. The molecule has 100 valence electrons. The zero-order valence-corrected chi connectivity index (χ0v) is 11.6. The van der Waals surface area contributed by atoms with Crippen LogP contribution in [0.25, 0.3) is 0 Å². The number of aromatic nitrogens is 1. The van der Waals surface area contributed by atoms with Crippen LogP contribution >= 0.6 is 0 Å². The Morgan fingerprint density at radius 1 is 1.61 bits per heavy atom. The maximum Gasteiger partial charge on any atom is 0.341 e. The molecule has 0 radical (unpaired) electrons. The van der Waals surface area contributed by atoms with Crippen LogP contribution in [0, 0.1) is 0 Å². The van der Waals surface area contributed by atoms with Crippen LogP contribution in [0.2, 0.25) is 0 Å². The molecule has 1 heterocycles. The van der Waals surface area contributed by atoms with Gasteiger partial charge in [0, 0.05) is 35.0 Å². The highest BCUT2D eigenvalue weighted by Gasteiger charge is 2.14. The average molecular weight is 270 g/mol. The Hall–Kier alpha value is -1.43. The number of hydrogen-bond acceptors (Lipinski definition) is 5. The summed E-state index contributed by atoms with van der Waals surface area (Å²) in [5.74, 6) is 0.0617. The van der Waals surface area contributed by atoms with E-state index in [9.17, 15) is 9.00 Å². The lowest BCUT2D eigenvalue weighted by Crippen LogP contribution is -2.22. The SMILES string of the molecule is CCOC(=O)c1cccnc1NCC(C)S(C)=O. The van der Waals surface area contributed by atoms with Crippen molar-refractivity contribution >= 4 is 22.6 Å². The Morgan fingerprint density at radius 3 is 2.94 bits per heavy atom. The van der Waals surface area contributed by atoms with Crippen LogP contribution in [-0.2, 0) is 15.5 Å². The zero-order chi connectivity index (χ0) is 13.5. The van der Waals surface area contributed by atoms with Gasteiger partial charge in [0.05, 0.1) is 6.61 Å². The van der Waals surface area contributed by atoms with Gasteiger partial charge in [-0.05, 0) is 26.0 Å². The third-order valence-electron chi connectivity index (χ3n) is 2.43. The molecule has 1 aromatic rings. The summed E-state index contributed by atoms with van der Waals surface area (Å²) in [4.78, 5) is 15.8. The maximum absolute atomic E-state index is 11.7. The van der Waals surface area contributed by atoms with E-state index in [0.29, 0.717) is 24.5 Å². The maximum atomic E-state index is 11.7. The number of anilines is 1. The molecule has 1 aromatic heterocycles. The summed E-state index contributed by atoms with van der Waals surface area (Å²) in [5, 5.41) is 3.02. The van der Waals surface area contributed by atoms with Gasteiger partial charge in [-0.3, -0.25) is 4.21 Å². The van der Waals surface area contributed by atoms with Gasteiger partial charge in [-0.25, -0.2) is 9.78 Å². The van der Waals surface area contributed by atoms with Crippen molar-refractivity contribution in [1.82, 2.24) is 4.98 Å². The first kappa shape index (κ1) is 14.6. The molecule has 0 aliphatic heterocycles. The van der Waals surface area contributed by atoms with Gasteiger partial charge < -0.3 is 10.1 Å². The van der Waals surface area contributed by atoms with Gasteiger partial charge in [0.1, 0.15) is 11.4 Å². The summed E-state index contributed by atoms with van der Waals surface area (Å²) in [5.41, 5.74) is 0.397. The molecule has 18 heavy (non-hydrogen) atoms. The molecule has 0 aliphatic carbocycles. The predicted molar refractivity (Wildman–Crippen MR) is 72.2 cm³/mol. The fourth-order valence-electron chi connectivity index (χ4n) is 1.28. The molecule has 2 unspecified atom stereocenters. The summed E-state index contributed by atoms with van der Waals surface area (Å²) >= 11 is 0. The molecule has 0 aromatic carbocycles. The van der Waals surface area contributed by atoms with E-state index in [0.717, 1.165) is 0 Å². The van der Waals surface area contributed by atoms with Gasteiger partial charge in [0.25, 0.3) is 0 Å². The lowest BCUT2D eigenvalue weighted by molar-refractivity contribution is 0.0527. The van der Waals surface area contributed by atoms with Crippen molar-refractivity contribution in [3.8, 4) is 0 Å². The van der Waals surface area contributed by atoms with Crippen LogP contribution in [-0.4, -0.2) is 39.8 Å². The van der Waals surface area contributed by atoms with Gasteiger partial charge in [0.15, 0.2) is 0 Å². The molecule has 0 amide bonds. The first-order valence-electron chi connectivity index (χ1n) is 5.74. The minimum absolute atomic E-state index is 0.0120. The van der Waals surface area contributed by atoms with E-state index in [2.05, 4.69) is 10.3 Å². The normalized spacial score (nSPS) is 13.7. The number of carbonyl (C=O) groups is 1. The molecule has 1 N–H and O–H groups in total. The summed E-state index contributed by atoms with van der Waals surface area (Å²) in [6, 6.07) is 3.33.